The fraction of sp³-hybridized carbons (Fsp3) is 0.150. The van der Waals surface area contributed by atoms with Crippen LogP contribution in [0.15, 0.2) is 48.7 Å². The standard InChI is InChI=1S/C20H15NO4/c1-11(22)14-5-7-17-19(20(14)24)15(10-18(23)25-17)12-4-6-16-13(9-12)3-2-8-21-16/h2-9,15,24H,10H2,1H3/t15-/m1/s1. The number of carbonyl (C=O) groups excluding carboxylic acids is 2. The number of nitrogens with zero attached hydrogens (tertiary/aromatic N) is 1. The number of rotatable bonds is 2. The minimum absolute atomic E-state index is 0.105. The monoisotopic (exact) mass is 333 g/mol. The van der Waals surface area contributed by atoms with Crippen LogP contribution in [-0.2, 0) is 4.79 Å². The predicted octanol–water partition coefficient (Wildman–Crippen LogP) is 3.58. The second-order valence-electron chi connectivity index (χ2n) is 6.12. The van der Waals surface area contributed by atoms with Crippen molar-refractivity contribution in [1.29, 1.82) is 0 Å². The first kappa shape index (κ1) is 15.3. The number of hydrogen-bond acceptors (Lipinski definition) is 5. The van der Waals surface area contributed by atoms with E-state index < -0.39 is 0 Å². The van der Waals surface area contributed by atoms with Gasteiger partial charge in [-0.15, -0.1) is 0 Å². The van der Waals surface area contributed by atoms with Gasteiger partial charge in [0.15, 0.2) is 5.78 Å². The second kappa shape index (κ2) is 5.70. The van der Waals surface area contributed by atoms with E-state index in [4.69, 9.17) is 4.74 Å². The smallest absolute Gasteiger partial charge is 0.312 e. The fourth-order valence-corrected chi connectivity index (χ4v) is 3.33. The number of Topliss-reactive ketones (excluding diaryl/α,β-unsaturated/α-hetero) is 1. The number of phenols is 1. The van der Waals surface area contributed by atoms with Crippen LogP contribution in [-0.4, -0.2) is 21.8 Å². The molecule has 0 radical (unpaired) electrons. The van der Waals surface area contributed by atoms with Crippen molar-refractivity contribution in [2.24, 2.45) is 0 Å². The summed E-state index contributed by atoms with van der Waals surface area (Å²) >= 11 is 0. The fourth-order valence-electron chi connectivity index (χ4n) is 3.33. The van der Waals surface area contributed by atoms with Crippen LogP contribution >= 0.6 is 0 Å². The Kier molecular flexibility index (Phi) is 3.50. The van der Waals surface area contributed by atoms with Crippen LogP contribution in [0.2, 0.25) is 0 Å². The number of esters is 1. The van der Waals surface area contributed by atoms with E-state index in [0.29, 0.717) is 11.3 Å². The third kappa shape index (κ3) is 2.54. The molecular weight excluding hydrogens is 318 g/mol. The molecule has 124 valence electrons. The van der Waals surface area contributed by atoms with E-state index in [2.05, 4.69) is 4.98 Å². The molecule has 0 saturated heterocycles. The molecule has 1 aliphatic heterocycles. The summed E-state index contributed by atoms with van der Waals surface area (Å²) in [6, 6.07) is 12.6. The molecule has 2 aromatic carbocycles. The third-order valence-electron chi connectivity index (χ3n) is 4.53. The molecule has 0 aliphatic carbocycles. The molecule has 0 amide bonds. The Morgan fingerprint density at radius 1 is 1.24 bits per heavy atom. The van der Waals surface area contributed by atoms with Crippen LogP contribution < -0.4 is 4.74 Å². The summed E-state index contributed by atoms with van der Waals surface area (Å²) in [6.07, 6.45) is 1.83. The van der Waals surface area contributed by atoms with Crippen molar-refractivity contribution in [3.63, 3.8) is 0 Å². The molecular formula is C20H15NO4. The summed E-state index contributed by atoms with van der Waals surface area (Å²) in [7, 11) is 0. The summed E-state index contributed by atoms with van der Waals surface area (Å²) < 4.78 is 5.26. The zero-order valence-corrected chi connectivity index (χ0v) is 13.5. The topological polar surface area (TPSA) is 76.5 Å². The summed E-state index contributed by atoms with van der Waals surface area (Å²) in [5.74, 6) is -0.790. The molecule has 0 unspecified atom stereocenters. The minimum Gasteiger partial charge on any atom is -0.507 e. The number of aromatic nitrogens is 1. The van der Waals surface area contributed by atoms with E-state index >= 15 is 0 Å². The maximum absolute atomic E-state index is 12.0. The van der Waals surface area contributed by atoms with Crippen molar-refractivity contribution in [3.8, 4) is 11.5 Å². The van der Waals surface area contributed by atoms with Crippen molar-refractivity contribution in [2.75, 3.05) is 0 Å². The van der Waals surface area contributed by atoms with Crippen molar-refractivity contribution >= 4 is 22.7 Å². The molecule has 25 heavy (non-hydrogen) atoms. The predicted molar refractivity (Wildman–Crippen MR) is 91.9 cm³/mol. The molecule has 1 N–H and O–H groups in total. The van der Waals surface area contributed by atoms with Gasteiger partial charge in [0, 0.05) is 23.1 Å². The highest BCUT2D eigenvalue weighted by Gasteiger charge is 2.32. The highest BCUT2D eigenvalue weighted by Crippen LogP contribution is 2.45. The lowest BCUT2D eigenvalue weighted by molar-refractivity contribution is -0.135. The number of fused-ring (bicyclic) bond motifs is 2. The first-order chi connectivity index (χ1) is 12.0. The van der Waals surface area contributed by atoms with Gasteiger partial charge in [-0.3, -0.25) is 14.6 Å². The summed E-state index contributed by atoms with van der Waals surface area (Å²) in [6.45, 7) is 1.40. The first-order valence-electron chi connectivity index (χ1n) is 7.97. The van der Waals surface area contributed by atoms with Gasteiger partial charge in [0.05, 0.1) is 17.5 Å². The van der Waals surface area contributed by atoms with Crippen molar-refractivity contribution in [3.05, 3.63) is 65.4 Å². The van der Waals surface area contributed by atoms with Crippen LogP contribution in [0.1, 0.15) is 40.7 Å². The summed E-state index contributed by atoms with van der Waals surface area (Å²) in [4.78, 5) is 28.1. The zero-order chi connectivity index (χ0) is 17.6. The van der Waals surface area contributed by atoms with Crippen LogP contribution in [0, 0.1) is 0 Å². The number of pyridine rings is 1. The summed E-state index contributed by atoms with van der Waals surface area (Å²) in [5, 5.41) is 11.6. The number of ether oxygens (including phenoxy) is 1. The highest BCUT2D eigenvalue weighted by molar-refractivity contribution is 5.98. The Bertz CT molecular complexity index is 1030. The van der Waals surface area contributed by atoms with Gasteiger partial charge in [-0.25, -0.2) is 0 Å². The van der Waals surface area contributed by atoms with Crippen LogP contribution in [0.4, 0.5) is 0 Å². The van der Waals surface area contributed by atoms with Gasteiger partial charge in [-0.05, 0) is 42.8 Å². The zero-order valence-electron chi connectivity index (χ0n) is 13.5. The Labute approximate surface area is 143 Å². The maximum atomic E-state index is 12.0. The van der Waals surface area contributed by atoms with Crippen LogP contribution in [0.5, 0.6) is 11.5 Å². The Balaban J connectivity index is 1.92. The van der Waals surface area contributed by atoms with E-state index in [1.807, 2.05) is 30.3 Å². The minimum atomic E-state index is -0.375. The van der Waals surface area contributed by atoms with Crippen LogP contribution in [0.3, 0.4) is 0 Å². The van der Waals surface area contributed by atoms with Gasteiger partial charge in [0.25, 0.3) is 0 Å². The molecule has 0 saturated carbocycles. The normalized spacial score (nSPS) is 16.4. The molecule has 0 fully saturated rings. The van der Waals surface area contributed by atoms with E-state index in [1.165, 1.54) is 13.0 Å². The number of ketones is 1. The Morgan fingerprint density at radius 3 is 2.88 bits per heavy atom. The molecule has 1 aliphatic rings. The molecule has 5 heteroatoms. The van der Waals surface area contributed by atoms with Crippen molar-refractivity contribution in [2.45, 2.75) is 19.3 Å². The lowest BCUT2D eigenvalue weighted by Gasteiger charge is -2.26. The number of carbonyl (C=O) groups is 2. The van der Waals surface area contributed by atoms with Gasteiger partial charge < -0.3 is 9.84 Å². The van der Waals surface area contributed by atoms with Crippen molar-refractivity contribution < 1.29 is 19.4 Å². The molecule has 1 aromatic heterocycles. The first-order valence-corrected chi connectivity index (χ1v) is 7.97. The average molecular weight is 333 g/mol. The van der Waals surface area contributed by atoms with E-state index in [0.717, 1.165) is 16.5 Å². The van der Waals surface area contributed by atoms with E-state index in [-0.39, 0.29) is 35.4 Å². The maximum Gasteiger partial charge on any atom is 0.312 e. The Morgan fingerprint density at radius 2 is 2.08 bits per heavy atom. The van der Waals surface area contributed by atoms with Crippen LogP contribution in [0.25, 0.3) is 10.9 Å². The lowest BCUT2D eigenvalue weighted by Crippen LogP contribution is -2.21. The average Bonchev–Trinajstić information content (AvgIpc) is 2.60. The highest BCUT2D eigenvalue weighted by atomic mass is 16.5. The molecule has 1 atom stereocenters. The van der Waals surface area contributed by atoms with Gasteiger partial charge >= 0.3 is 5.97 Å². The molecule has 4 rings (SSSR count). The molecule has 2 heterocycles. The lowest BCUT2D eigenvalue weighted by atomic mass is 9.84. The Hall–Kier alpha value is -3.21. The molecule has 3 aromatic rings. The van der Waals surface area contributed by atoms with Gasteiger partial charge in [0.2, 0.25) is 0 Å². The SMILES string of the molecule is CC(=O)c1ccc2c(c1O)[C@@H](c1ccc3ncccc3c1)CC(=O)O2. The largest absolute Gasteiger partial charge is 0.507 e. The molecule has 5 nitrogen and oxygen atoms in total. The van der Waals surface area contributed by atoms with Crippen molar-refractivity contribution in [1.82, 2.24) is 4.98 Å². The number of phenolic OH excluding ortho intramolecular Hbond substituents is 1. The second-order valence-corrected chi connectivity index (χ2v) is 6.12. The van der Waals surface area contributed by atoms with Gasteiger partial charge in [-0.2, -0.15) is 0 Å². The van der Waals surface area contributed by atoms with Gasteiger partial charge in [-0.1, -0.05) is 12.1 Å². The third-order valence-corrected chi connectivity index (χ3v) is 4.53. The van der Waals surface area contributed by atoms with E-state index in [1.54, 1.807) is 12.3 Å². The summed E-state index contributed by atoms with van der Waals surface area (Å²) in [5.41, 5.74) is 2.43. The molecule has 0 bridgehead atoms. The number of benzene rings is 2. The number of hydrogen-bond donors (Lipinski definition) is 1. The van der Waals surface area contributed by atoms with Gasteiger partial charge in [0.1, 0.15) is 11.5 Å². The quantitative estimate of drug-likeness (QED) is 0.441. The van der Waals surface area contributed by atoms with E-state index in [9.17, 15) is 14.7 Å². The number of aromatic hydroxyl groups is 1. The molecule has 0 spiro atoms.